The maximum Gasteiger partial charge on any atom is 0.264 e. The summed E-state index contributed by atoms with van der Waals surface area (Å²) in [5.41, 5.74) is 2.19. The Morgan fingerprint density at radius 2 is 1.21 bits per heavy atom. The molecule has 0 bridgehead atoms. The second-order valence-corrected chi connectivity index (χ2v) is 11.8. The molecular weight excluding hydrogens is 551 g/mol. The van der Waals surface area contributed by atoms with Gasteiger partial charge in [-0.25, -0.2) is 8.78 Å². The van der Waals surface area contributed by atoms with Gasteiger partial charge in [0.1, 0.15) is 11.6 Å². The van der Waals surface area contributed by atoms with Crippen molar-refractivity contribution >= 4 is 37.1 Å². The van der Waals surface area contributed by atoms with Crippen LogP contribution >= 0.6 is 27.0 Å². The third kappa shape index (κ3) is 10.7. The van der Waals surface area contributed by atoms with Gasteiger partial charge in [-0.15, -0.1) is 0 Å². The van der Waals surface area contributed by atoms with Crippen molar-refractivity contribution in [2.24, 2.45) is 11.8 Å². The van der Waals surface area contributed by atoms with Crippen LogP contribution < -0.4 is 0 Å². The number of aliphatic hydroxyl groups is 1. The molecular formula is C27H42F2N2O4S3. The third-order valence-corrected chi connectivity index (χ3v) is 7.77. The van der Waals surface area contributed by atoms with Crippen molar-refractivity contribution in [3.05, 3.63) is 71.3 Å². The molecule has 0 amide bonds. The normalized spacial score (nSPS) is 24.4. The Hall–Kier alpha value is -1.21. The number of hydrogen-bond acceptors (Lipinski definition) is 6. The zero-order valence-electron chi connectivity index (χ0n) is 22.3. The molecule has 0 spiro atoms. The van der Waals surface area contributed by atoms with Gasteiger partial charge < -0.3 is 14.9 Å². The number of benzene rings is 2. The summed E-state index contributed by atoms with van der Waals surface area (Å²) in [5.74, 6) is 0.469. The van der Waals surface area contributed by atoms with E-state index in [1.807, 2.05) is 19.2 Å². The summed E-state index contributed by atoms with van der Waals surface area (Å²) in [6, 6.07) is 13.1. The molecule has 0 radical (unpaired) electrons. The first-order valence-electron chi connectivity index (χ1n) is 12.4. The van der Waals surface area contributed by atoms with E-state index in [9.17, 15) is 22.3 Å². The van der Waals surface area contributed by atoms with Crippen molar-refractivity contribution in [2.45, 2.75) is 24.7 Å². The molecule has 2 aliphatic rings. The lowest BCUT2D eigenvalue weighted by Crippen LogP contribution is -2.39. The second-order valence-electron chi connectivity index (χ2n) is 10.1. The largest absolute Gasteiger partial charge is 0.396 e. The first kappa shape index (κ1) is 34.8. The predicted molar refractivity (Wildman–Crippen MR) is 158 cm³/mol. The van der Waals surface area contributed by atoms with E-state index < -0.39 is 10.1 Å². The highest BCUT2D eigenvalue weighted by Gasteiger charge is 2.30. The van der Waals surface area contributed by atoms with Crippen LogP contribution in [0.15, 0.2) is 48.5 Å². The van der Waals surface area contributed by atoms with E-state index in [2.05, 4.69) is 16.8 Å². The van der Waals surface area contributed by atoms with Crippen LogP contribution in [-0.4, -0.2) is 83.1 Å². The highest BCUT2D eigenvalue weighted by atomic mass is 32.2. The molecule has 11 heteroatoms. The second kappa shape index (κ2) is 16.2. The highest BCUT2D eigenvalue weighted by molar-refractivity contribution is 7.85. The van der Waals surface area contributed by atoms with Crippen molar-refractivity contribution in [3.8, 4) is 0 Å². The third-order valence-electron chi connectivity index (χ3n) is 7.20. The van der Waals surface area contributed by atoms with Crippen LogP contribution in [0.25, 0.3) is 0 Å². The number of nitrogens with zero attached hydrogens (tertiary/aromatic N) is 2. The molecule has 216 valence electrons. The molecule has 0 aromatic heterocycles. The number of likely N-dealkylation sites (tertiary alicyclic amines) is 2. The summed E-state index contributed by atoms with van der Waals surface area (Å²) >= 11 is 0. The number of piperidine rings is 2. The van der Waals surface area contributed by atoms with Crippen molar-refractivity contribution in [2.75, 3.05) is 59.7 Å². The van der Waals surface area contributed by atoms with Gasteiger partial charge in [0.05, 0.1) is 12.9 Å². The molecule has 2 aromatic rings. The van der Waals surface area contributed by atoms with Crippen LogP contribution in [0.1, 0.15) is 35.8 Å². The lowest BCUT2D eigenvalue weighted by atomic mass is 9.81. The molecule has 2 saturated heterocycles. The highest BCUT2D eigenvalue weighted by Crippen LogP contribution is 2.34. The molecule has 4 atom stereocenters. The van der Waals surface area contributed by atoms with Gasteiger partial charge in [-0.3, -0.25) is 4.18 Å². The average molecular weight is 593 g/mol. The Morgan fingerprint density at radius 3 is 1.61 bits per heavy atom. The maximum atomic E-state index is 13.0. The van der Waals surface area contributed by atoms with E-state index in [4.69, 9.17) is 4.18 Å². The minimum absolute atomic E-state index is 0. The van der Waals surface area contributed by atoms with Gasteiger partial charge in [0, 0.05) is 31.5 Å². The summed E-state index contributed by atoms with van der Waals surface area (Å²) in [7, 11) is 0.649. The van der Waals surface area contributed by atoms with Gasteiger partial charge in [-0.05, 0) is 87.3 Å². The van der Waals surface area contributed by atoms with Gasteiger partial charge >= 0.3 is 0 Å². The van der Waals surface area contributed by atoms with Crippen LogP contribution in [0.2, 0.25) is 0 Å². The summed E-state index contributed by atoms with van der Waals surface area (Å²) in [6.07, 6.45) is 3.01. The number of aliphatic hydroxyl groups excluding tert-OH is 1. The number of halogens is 2. The number of rotatable bonds is 6. The first-order chi connectivity index (χ1) is 17.1. The van der Waals surface area contributed by atoms with Gasteiger partial charge in [-0.1, -0.05) is 24.3 Å². The quantitative estimate of drug-likeness (QED) is 0.513. The molecule has 38 heavy (non-hydrogen) atoms. The monoisotopic (exact) mass is 592 g/mol. The van der Waals surface area contributed by atoms with Crippen molar-refractivity contribution in [3.63, 3.8) is 0 Å². The summed E-state index contributed by atoms with van der Waals surface area (Å²) in [6.45, 7) is 4.05. The van der Waals surface area contributed by atoms with E-state index in [1.54, 1.807) is 12.1 Å². The van der Waals surface area contributed by atoms with E-state index in [0.717, 1.165) is 56.4 Å². The molecule has 1 N–H and O–H groups in total. The molecule has 2 fully saturated rings. The predicted octanol–water partition coefficient (Wildman–Crippen LogP) is 3.92. The van der Waals surface area contributed by atoms with Gasteiger partial charge in [0.15, 0.2) is 0 Å². The van der Waals surface area contributed by atoms with Crippen LogP contribution in [0, 0.1) is 23.5 Å². The summed E-state index contributed by atoms with van der Waals surface area (Å²) < 4.78 is 53.1. The molecule has 4 rings (SSSR count). The summed E-state index contributed by atoms with van der Waals surface area (Å²) in [4.78, 5) is 4.40. The van der Waals surface area contributed by atoms with E-state index in [1.165, 1.54) is 24.3 Å². The van der Waals surface area contributed by atoms with Crippen LogP contribution in [0.4, 0.5) is 8.78 Å². The molecule has 2 aliphatic heterocycles. The standard InChI is InChI=1S/C14H20FNO3S.C13H18FNO.2H2S/c1-16-8-7-14(11-3-5-13(15)6-4-11)12(9-16)10-19-20(2,17)18;1-15-7-6-13(11(8-15)9-16)10-2-4-12(14)5-3-10;;/h3-6,12,14H,7-10H2,1-2H3;2-5,11,13,16H,6-9H2,1H3;2*1H2/t12?,14-;11?,13-;;/m00../s1. The molecule has 0 saturated carbocycles. The Kier molecular flexibility index (Phi) is 14.8. The number of hydrogen-bond donors (Lipinski definition) is 1. The lowest BCUT2D eigenvalue weighted by molar-refractivity contribution is 0.118. The minimum Gasteiger partial charge on any atom is -0.396 e. The zero-order valence-corrected chi connectivity index (χ0v) is 25.1. The van der Waals surface area contributed by atoms with Crippen LogP contribution in [0.3, 0.4) is 0 Å². The smallest absolute Gasteiger partial charge is 0.264 e. The van der Waals surface area contributed by atoms with Gasteiger partial charge in [0.2, 0.25) is 0 Å². The Labute approximate surface area is 240 Å². The fourth-order valence-corrected chi connectivity index (χ4v) is 5.71. The van der Waals surface area contributed by atoms with E-state index in [-0.39, 0.29) is 69.6 Å². The molecule has 0 aliphatic carbocycles. The molecule has 6 nitrogen and oxygen atoms in total. The Balaban J connectivity index is 0.000000368. The van der Waals surface area contributed by atoms with Crippen molar-refractivity contribution < 1.29 is 26.5 Å². The van der Waals surface area contributed by atoms with Crippen molar-refractivity contribution in [1.82, 2.24) is 9.80 Å². The zero-order chi connectivity index (χ0) is 26.3. The van der Waals surface area contributed by atoms with E-state index >= 15 is 0 Å². The average Bonchev–Trinajstić information content (AvgIpc) is 2.84. The van der Waals surface area contributed by atoms with Crippen LogP contribution in [0.5, 0.6) is 0 Å². The van der Waals surface area contributed by atoms with Gasteiger partial charge in [0.25, 0.3) is 10.1 Å². The fourth-order valence-electron chi connectivity index (χ4n) is 5.29. The topological polar surface area (TPSA) is 70.1 Å². The first-order valence-corrected chi connectivity index (χ1v) is 14.2. The SMILES string of the molecule is CN1CC[C@@H](c2ccc(F)cc2)C(CO)C1.CN1CC[C@@H](c2ccc(F)cc2)C(COS(C)(=O)=O)C1.S.S. The maximum absolute atomic E-state index is 13.0. The lowest BCUT2D eigenvalue weighted by Gasteiger charge is -2.36. The molecule has 2 aromatic carbocycles. The van der Waals surface area contributed by atoms with Crippen molar-refractivity contribution in [1.29, 1.82) is 0 Å². The van der Waals surface area contributed by atoms with Gasteiger partial charge in [-0.2, -0.15) is 35.4 Å². The summed E-state index contributed by atoms with van der Waals surface area (Å²) in [5, 5.41) is 9.39. The van der Waals surface area contributed by atoms with E-state index in [0.29, 0.717) is 5.92 Å². The van der Waals surface area contributed by atoms with Crippen LogP contribution in [-0.2, 0) is 14.3 Å². The fraction of sp³-hybridized carbons (Fsp3) is 0.556. The Morgan fingerprint density at radius 1 is 0.816 bits per heavy atom. The molecule has 2 heterocycles. The Bertz CT molecular complexity index is 1060. The minimum atomic E-state index is -3.43. The molecule has 2 unspecified atom stereocenters.